The van der Waals surface area contributed by atoms with Crippen LogP contribution in [-0.2, 0) is 13.0 Å². The Labute approximate surface area is 178 Å². The molecule has 1 aliphatic carbocycles. The molecule has 1 fully saturated rings. The van der Waals surface area contributed by atoms with E-state index < -0.39 is 0 Å². The van der Waals surface area contributed by atoms with E-state index in [9.17, 15) is 4.79 Å². The Kier molecular flexibility index (Phi) is 5.98. The van der Waals surface area contributed by atoms with Crippen LogP contribution in [0.15, 0.2) is 47.7 Å². The Balaban J connectivity index is 1.53. The van der Waals surface area contributed by atoms with Crippen molar-refractivity contribution in [3.05, 3.63) is 76.0 Å². The van der Waals surface area contributed by atoms with Gasteiger partial charge in [0.05, 0.1) is 0 Å². The number of hydrogen-bond donors (Lipinski definition) is 2. The first-order chi connectivity index (χ1) is 14.6. The number of benzene rings is 2. The van der Waals surface area contributed by atoms with Crippen molar-refractivity contribution in [1.82, 2.24) is 10.2 Å². The first-order valence-electron chi connectivity index (χ1n) is 10.9. The number of aryl methyl sites for hydroxylation is 1. The lowest BCUT2D eigenvalue weighted by molar-refractivity contribution is 0.0660. The number of carbonyl (C=O) groups excluding carboxylic acids is 1. The molecule has 0 aromatic heterocycles. The van der Waals surface area contributed by atoms with E-state index in [1.165, 1.54) is 41.5 Å². The molecule has 1 heterocycles. The van der Waals surface area contributed by atoms with Gasteiger partial charge in [-0.15, -0.1) is 0 Å². The number of amides is 1. The predicted molar refractivity (Wildman–Crippen MR) is 119 cm³/mol. The van der Waals surface area contributed by atoms with Crippen molar-refractivity contribution in [3.8, 4) is 0 Å². The fraction of sp³-hybridized carbons (Fsp3) is 0.400. The first kappa shape index (κ1) is 20.3. The molecule has 1 saturated carbocycles. The second-order valence-electron chi connectivity index (χ2n) is 8.46. The lowest BCUT2D eigenvalue weighted by Crippen LogP contribution is -2.36. The average molecular weight is 403 g/mol. The maximum Gasteiger partial charge on any atom is 0.254 e. The maximum absolute atomic E-state index is 13.1. The van der Waals surface area contributed by atoms with Crippen LogP contribution in [0.5, 0.6) is 0 Å². The molecule has 0 bridgehead atoms. The van der Waals surface area contributed by atoms with Crippen molar-refractivity contribution in [2.24, 2.45) is 5.11 Å². The summed E-state index contributed by atoms with van der Waals surface area (Å²) < 4.78 is 0. The quantitative estimate of drug-likeness (QED) is 0.633. The Morgan fingerprint density at radius 2 is 1.93 bits per heavy atom. The van der Waals surface area contributed by atoms with Gasteiger partial charge >= 0.3 is 0 Å². The summed E-state index contributed by atoms with van der Waals surface area (Å²) in [6, 6.07) is 12.9. The van der Waals surface area contributed by atoms with Crippen molar-refractivity contribution >= 4 is 11.6 Å². The molecular formula is C25H30N4O. The second kappa shape index (κ2) is 8.82. The molecule has 2 aliphatic rings. The monoisotopic (exact) mass is 402 g/mol. The molecule has 0 unspecified atom stereocenters. The molecule has 0 spiro atoms. The molecule has 0 atom stereocenters. The highest BCUT2D eigenvalue weighted by atomic mass is 16.2. The fourth-order valence-corrected chi connectivity index (χ4v) is 4.76. The average Bonchev–Trinajstić information content (AvgIpc) is 3.09. The molecule has 5 nitrogen and oxygen atoms in total. The van der Waals surface area contributed by atoms with E-state index in [2.05, 4.69) is 46.5 Å². The van der Waals surface area contributed by atoms with Crippen LogP contribution < -0.4 is 5.32 Å². The Morgan fingerprint density at radius 1 is 1.20 bits per heavy atom. The van der Waals surface area contributed by atoms with Gasteiger partial charge in [-0.25, -0.2) is 5.53 Å². The normalized spacial score (nSPS) is 17.2. The highest BCUT2D eigenvalue weighted by molar-refractivity contribution is 5.99. The van der Waals surface area contributed by atoms with Gasteiger partial charge in [0, 0.05) is 37.0 Å². The molecule has 2 aromatic rings. The summed E-state index contributed by atoms with van der Waals surface area (Å²) in [6.07, 6.45) is 8.58. The zero-order chi connectivity index (χ0) is 21.1. The van der Waals surface area contributed by atoms with Crippen LogP contribution in [0.1, 0.15) is 70.3 Å². The summed E-state index contributed by atoms with van der Waals surface area (Å²) in [5.41, 5.74) is 14.5. The maximum atomic E-state index is 13.1. The Bertz CT molecular complexity index is 971. The van der Waals surface area contributed by atoms with Crippen molar-refractivity contribution < 1.29 is 4.79 Å². The summed E-state index contributed by atoms with van der Waals surface area (Å²) in [5.74, 6) is 0.215. The minimum atomic E-state index is 0.215. The van der Waals surface area contributed by atoms with Gasteiger partial charge in [-0.05, 0) is 54.5 Å². The van der Waals surface area contributed by atoms with Crippen molar-refractivity contribution in [2.75, 3.05) is 7.05 Å². The Hall–Kier alpha value is -2.95. The first-order valence-corrected chi connectivity index (χ1v) is 10.9. The van der Waals surface area contributed by atoms with Crippen LogP contribution in [0.4, 0.5) is 0 Å². The van der Waals surface area contributed by atoms with E-state index in [-0.39, 0.29) is 5.91 Å². The van der Waals surface area contributed by atoms with Crippen molar-refractivity contribution in [1.29, 1.82) is 5.53 Å². The molecule has 0 saturated heterocycles. The minimum absolute atomic E-state index is 0.215. The SMILES string of the molecule is CN/C=C(\N=N)c1ccc(Cc2cc3c(cc2C)CN(C2CCCCC2)C3=O)cc1. The van der Waals surface area contributed by atoms with Gasteiger partial charge in [0.15, 0.2) is 0 Å². The largest absolute Gasteiger partial charge is 0.392 e. The molecule has 0 radical (unpaired) electrons. The van der Waals surface area contributed by atoms with Crippen LogP contribution in [0.25, 0.3) is 5.70 Å². The number of carbonyl (C=O) groups is 1. The third-order valence-electron chi connectivity index (χ3n) is 6.45. The molecular weight excluding hydrogens is 372 g/mol. The zero-order valence-electron chi connectivity index (χ0n) is 17.9. The summed E-state index contributed by atoms with van der Waals surface area (Å²) >= 11 is 0. The topological polar surface area (TPSA) is 68.6 Å². The van der Waals surface area contributed by atoms with E-state index in [1.54, 1.807) is 13.2 Å². The summed E-state index contributed by atoms with van der Waals surface area (Å²) in [7, 11) is 1.80. The number of rotatable bonds is 6. The highest BCUT2D eigenvalue weighted by Gasteiger charge is 2.33. The minimum Gasteiger partial charge on any atom is -0.392 e. The molecule has 1 aliphatic heterocycles. The van der Waals surface area contributed by atoms with E-state index in [1.807, 2.05) is 12.1 Å². The van der Waals surface area contributed by atoms with Gasteiger partial charge in [-0.3, -0.25) is 4.79 Å². The molecule has 2 N–H and O–H groups in total. The number of fused-ring (bicyclic) bond motifs is 1. The highest BCUT2D eigenvalue weighted by Crippen LogP contribution is 2.33. The molecule has 5 heteroatoms. The zero-order valence-corrected chi connectivity index (χ0v) is 17.9. The Morgan fingerprint density at radius 3 is 2.60 bits per heavy atom. The number of hydrogen-bond acceptors (Lipinski definition) is 4. The van der Waals surface area contributed by atoms with Gasteiger partial charge in [0.1, 0.15) is 5.70 Å². The van der Waals surface area contributed by atoms with Crippen molar-refractivity contribution in [2.45, 2.75) is 58.0 Å². The summed E-state index contributed by atoms with van der Waals surface area (Å²) in [4.78, 5) is 15.2. The van der Waals surface area contributed by atoms with E-state index in [4.69, 9.17) is 5.53 Å². The standard InChI is InChI=1S/C25H30N4O/c1-17-12-21-16-29(22-6-4-3-5-7-22)25(30)23(21)14-20(17)13-18-8-10-19(11-9-18)24(28-26)15-27-2/h8-12,14-15,22,26-27H,3-7,13,16H2,1-2H3/b24-15-,28-26?. The van der Waals surface area contributed by atoms with Crippen LogP contribution >= 0.6 is 0 Å². The van der Waals surface area contributed by atoms with Gasteiger partial charge in [-0.2, -0.15) is 5.11 Å². The van der Waals surface area contributed by atoms with Gasteiger partial charge in [0.2, 0.25) is 0 Å². The van der Waals surface area contributed by atoms with Gasteiger partial charge in [0.25, 0.3) is 5.91 Å². The van der Waals surface area contributed by atoms with Gasteiger partial charge in [-0.1, -0.05) is 49.6 Å². The summed E-state index contributed by atoms with van der Waals surface area (Å²) in [5, 5.41) is 6.50. The fourth-order valence-electron chi connectivity index (χ4n) is 4.76. The van der Waals surface area contributed by atoms with Crippen molar-refractivity contribution in [3.63, 3.8) is 0 Å². The third-order valence-corrected chi connectivity index (χ3v) is 6.45. The molecule has 2 aromatic carbocycles. The van der Waals surface area contributed by atoms with Crippen LogP contribution in [0, 0.1) is 12.5 Å². The van der Waals surface area contributed by atoms with Crippen LogP contribution in [0.2, 0.25) is 0 Å². The number of nitrogens with one attached hydrogen (secondary N) is 2. The van der Waals surface area contributed by atoms with E-state index in [0.29, 0.717) is 11.7 Å². The summed E-state index contributed by atoms with van der Waals surface area (Å²) in [6.45, 7) is 2.91. The second-order valence-corrected chi connectivity index (χ2v) is 8.46. The van der Waals surface area contributed by atoms with Gasteiger partial charge < -0.3 is 10.2 Å². The molecule has 4 rings (SSSR count). The van der Waals surface area contributed by atoms with Crippen LogP contribution in [0.3, 0.4) is 0 Å². The third kappa shape index (κ3) is 4.02. The number of nitrogens with zero attached hydrogens (tertiary/aromatic N) is 2. The lowest BCUT2D eigenvalue weighted by Gasteiger charge is -2.30. The van der Waals surface area contributed by atoms with E-state index in [0.717, 1.165) is 36.9 Å². The molecule has 1 amide bonds. The van der Waals surface area contributed by atoms with Crippen LogP contribution in [-0.4, -0.2) is 23.9 Å². The molecule has 156 valence electrons. The predicted octanol–water partition coefficient (Wildman–Crippen LogP) is 5.42. The lowest BCUT2D eigenvalue weighted by atomic mass is 9.94. The smallest absolute Gasteiger partial charge is 0.254 e. The van der Waals surface area contributed by atoms with E-state index >= 15 is 0 Å². The molecule has 30 heavy (non-hydrogen) atoms.